The lowest BCUT2D eigenvalue weighted by atomic mass is 10.1. The second kappa shape index (κ2) is 10.1. The summed E-state index contributed by atoms with van der Waals surface area (Å²) in [5.74, 6) is -0.797. The van der Waals surface area contributed by atoms with Gasteiger partial charge in [0.2, 0.25) is 0 Å². The predicted molar refractivity (Wildman–Crippen MR) is 127 cm³/mol. The Labute approximate surface area is 193 Å². The molecule has 0 bridgehead atoms. The number of nitrogens with zero attached hydrogens (tertiary/aromatic N) is 1. The summed E-state index contributed by atoms with van der Waals surface area (Å²) in [7, 11) is -3.85. The van der Waals surface area contributed by atoms with E-state index in [0.29, 0.717) is 16.9 Å². The molecule has 0 radical (unpaired) electrons. The minimum atomic E-state index is -3.85. The van der Waals surface area contributed by atoms with E-state index in [1.54, 1.807) is 12.1 Å². The van der Waals surface area contributed by atoms with Crippen LogP contribution in [0, 0.1) is 5.82 Å². The van der Waals surface area contributed by atoms with E-state index < -0.39 is 15.8 Å². The Hall–Kier alpha value is -3.23. The van der Waals surface area contributed by atoms with Crippen molar-refractivity contribution in [1.29, 1.82) is 0 Å². The quantitative estimate of drug-likeness (QED) is 0.511. The molecule has 0 aliphatic carbocycles. The number of likely N-dealkylation sites (tertiary alicyclic amines) is 1. The summed E-state index contributed by atoms with van der Waals surface area (Å²) in [5, 5.41) is 2.86. The van der Waals surface area contributed by atoms with Gasteiger partial charge in [-0.1, -0.05) is 12.1 Å². The maximum Gasteiger partial charge on any atom is 0.261 e. The largest absolute Gasteiger partial charge is 0.322 e. The van der Waals surface area contributed by atoms with Crippen molar-refractivity contribution in [2.75, 3.05) is 29.7 Å². The zero-order valence-electron chi connectivity index (χ0n) is 18.1. The number of carbonyl (C=O) groups is 1. The highest BCUT2D eigenvalue weighted by Crippen LogP contribution is 2.18. The highest BCUT2D eigenvalue weighted by molar-refractivity contribution is 7.92. The number of benzene rings is 3. The summed E-state index contributed by atoms with van der Waals surface area (Å²) >= 11 is 0. The lowest BCUT2D eigenvalue weighted by Crippen LogP contribution is -2.21. The van der Waals surface area contributed by atoms with E-state index in [4.69, 9.17) is 0 Å². The minimum Gasteiger partial charge on any atom is -0.322 e. The second-order valence-corrected chi connectivity index (χ2v) is 9.77. The molecule has 0 unspecified atom stereocenters. The minimum absolute atomic E-state index is 0.0467. The molecule has 0 atom stereocenters. The summed E-state index contributed by atoms with van der Waals surface area (Å²) in [6.45, 7) is 3.42. The average Bonchev–Trinajstić information content (AvgIpc) is 3.33. The van der Waals surface area contributed by atoms with Gasteiger partial charge in [0, 0.05) is 23.5 Å². The average molecular weight is 468 g/mol. The van der Waals surface area contributed by atoms with E-state index in [-0.39, 0.29) is 10.8 Å². The third-order valence-electron chi connectivity index (χ3n) is 5.65. The molecule has 1 saturated heterocycles. The van der Waals surface area contributed by atoms with E-state index in [1.165, 1.54) is 55.8 Å². The number of rotatable bonds is 8. The van der Waals surface area contributed by atoms with E-state index in [9.17, 15) is 17.6 Å². The van der Waals surface area contributed by atoms with Crippen molar-refractivity contribution in [2.24, 2.45) is 0 Å². The first-order valence-electron chi connectivity index (χ1n) is 10.9. The summed E-state index contributed by atoms with van der Waals surface area (Å²) in [6.07, 6.45) is 3.56. The molecular formula is C25H26FN3O3S. The van der Waals surface area contributed by atoms with E-state index >= 15 is 0 Å². The van der Waals surface area contributed by atoms with Crippen molar-refractivity contribution in [2.45, 2.75) is 24.2 Å². The fourth-order valence-corrected chi connectivity index (χ4v) is 4.83. The normalized spacial score (nSPS) is 14.2. The van der Waals surface area contributed by atoms with Crippen molar-refractivity contribution < 1.29 is 17.6 Å². The Morgan fingerprint density at radius 2 is 1.45 bits per heavy atom. The van der Waals surface area contributed by atoms with Crippen LogP contribution in [0.4, 0.5) is 15.8 Å². The molecule has 6 nitrogen and oxygen atoms in total. The second-order valence-electron chi connectivity index (χ2n) is 8.09. The van der Waals surface area contributed by atoms with Gasteiger partial charge in [-0.2, -0.15) is 0 Å². The molecular weight excluding hydrogens is 441 g/mol. The lowest BCUT2D eigenvalue weighted by molar-refractivity contribution is 0.102. The van der Waals surface area contributed by atoms with Gasteiger partial charge in [0.15, 0.2) is 0 Å². The monoisotopic (exact) mass is 467 g/mol. The Bertz CT molecular complexity index is 1190. The molecule has 1 aliphatic rings. The first kappa shape index (κ1) is 22.9. The smallest absolute Gasteiger partial charge is 0.261 e. The molecule has 3 aromatic rings. The molecule has 33 heavy (non-hydrogen) atoms. The first-order chi connectivity index (χ1) is 15.9. The van der Waals surface area contributed by atoms with Crippen molar-refractivity contribution >= 4 is 27.3 Å². The Balaban J connectivity index is 1.32. The maximum absolute atomic E-state index is 13.0. The van der Waals surface area contributed by atoms with Crippen molar-refractivity contribution in [3.05, 3.63) is 89.7 Å². The number of hydrogen-bond donors (Lipinski definition) is 2. The van der Waals surface area contributed by atoms with Crippen LogP contribution >= 0.6 is 0 Å². The van der Waals surface area contributed by atoms with Gasteiger partial charge in [-0.15, -0.1) is 0 Å². The third-order valence-corrected chi connectivity index (χ3v) is 7.05. The van der Waals surface area contributed by atoms with Crippen LogP contribution in [0.15, 0.2) is 77.7 Å². The Morgan fingerprint density at radius 3 is 2.09 bits per heavy atom. The number of halogens is 1. The topological polar surface area (TPSA) is 78.5 Å². The molecule has 0 saturated carbocycles. The van der Waals surface area contributed by atoms with Gasteiger partial charge >= 0.3 is 0 Å². The third kappa shape index (κ3) is 6.18. The van der Waals surface area contributed by atoms with Gasteiger partial charge in [0.25, 0.3) is 15.9 Å². The highest BCUT2D eigenvalue weighted by Gasteiger charge is 2.15. The molecule has 1 amide bonds. The zero-order valence-corrected chi connectivity index (χ0v) is 18.9. The molecule has 4 rings (SSSR count). The van der Waals surface area contributed by atoms with Gasteiger partial charge in [-0.25, -0.2) is 12.8 Å². The Kier molecular flexibility index (Phi) is 7.05. The molecule has 0 aromatic heterocycles. The van der Waals surface area contributed by atoms with Gasteiger partial charge in [0.05, 0.1) is 4.90 Å². The van der Waals surface area contributed by atoms with Crippen LogP contribution in [-0.4, -0.2) is 38.9 Å². The van der Waals surface area contributed by atoms with Crippen LogP contribution in [0.2, 0.25) is 0 Å². The molecule has 1 heterocycles. The highest BCUT2D eigenvalue weighted by atomic mass is 32.2. The van der Waals surface area contributed by atoms with Crippen molar-refractivity contribution in [1.82, 2.24) is 4.90 Å². The molecule has 1 fully saturated rings. The maximum atomic E-state index is 13.0. The van der Waals surface area contributed by atoms with E-state index in [2.05, 4.69) is 14.9 Å². The molecule has 2 N–H and O–H groups in total. The standard InChI is InChI=1S/C25H26FN3O3S/c26-21-7-13-24(14-8-21)33(31,32)28-23-11-5-20(6-12-23)25(30)27-22-9-3-19(4-10-22)15-18-29-16-1-2-17-29/h3-14,28H,1-2,15-18H2,(H,27,30). The lowest BCUT2D eigenvalue weighted by Gasteiger charge is -2.14. The van der Waals surface area contributed by atoms with Gasteiger partial charge < -0.3 is 10.2 Å². The SMILES string of the molecule is O=C(Nc1ccc(CCN2CCCC2)cc1)c1ccc(NS(=O)(=O)c2ccc(F)cc2)cc1. The van der Waals surface area contributed by atoms with Crippen molar-refractivity contribution in [3.8, 4) is 0 Å². The van der Waals surface area contributed by atoms with Crippen LogP contribution in [0.3, 0.4) is 0 Å². The summed E-state index contributed by atoms with van der Waals surface area (Å²) in [5.41, 5.74) is 2.64. The summed E-state index contributed by atoms with van der Waals surface area (Å²) in [4.78, 5) is 15.0. The fraction of sp³-hybridized carbons (Fsp3) is 0.240. The van der Waals surface area contributed by atoms with Crippen LogP contribution in [0.1, 0.15) is 28.8 Å². The molecule has 1 aliphatic heterocycles. The number of carbonyl (C=O) groups excluding carboxylic acids is 1. The molecule has 172 valence electrons. The van der Waals surface area contributed by atoms with Crippen LogP contribution in [-0.2, 0) is 16.4 Å². The Morgan fingerprint density at radius 1 is 0.848 bits per heavy atom. The fourth-order valence-electron chi connectivity index (χ4n) is 3.77. The van der Waals surface area contributed by atoms with Gasteiger partial charge in [-0.3, -0.25) is 9.52 Å². The molecule has 8 heteroatoms. The van der Waals surface area contributed by atoms with E-state index in [0.717, 1.165) is 25.1 Å². The van der Waals surface area contributed by atoms with Crippen LogP contribution in [0.25, 0.3) is 0 Å². The number of amides is 1. The van der Waals surface area contributed by atoms with Crippen LogP contribution in [0.5, 0.6) is 0 Å². The summed E-state index contributed by atoms with van der Waals surface area (Å²) in [6, 6.07) is 18.5. The van der Waals surface area contributed by atoms with Gasteiger partial charge in [0.1, 0.15) is 5.82 Å². The van der Waals surface area contributed by atoms with Crippen molar-refractivity contribution in [3.63, 3.8) is 0 Å². The van der Waals surface area contributed by atoms with Gasteiger partial charge in [-0.05, 0) is 98.6 Å². The summed E-state index contributed by atoms with van der Waals surface area (Å²) < 4.78 is 40.3. The van der Waals surface area contributed by atoms with Crippen LogP contribution < -0.4 is 10.0 Å². The first-order valence-corrected chi connectivity index (χ1v) is 12.4. The predicted octanol–water partition coefficient (Wildman–Crippen LogP) is 4.52. The number of sulfonamides is 1. The molecule has 0 spiro atoms. The number of anilines is 2. The number of hydrogen-bond acceptors (Lipinski definition) is 4. The van der Waals surface area contributed by atoms with E-state index in [1.807, 2.05) is 24.3 Å². The molecule has 3 aromatic carbocycles. The zero-order chi connectivity index (χ0) is 23.3. The number of nitrogens with one attached hydrogen (secondary N) is 2.